The van der Waals surface area contributed by atoms with Crippen LogP contribution in [0, 0.1) is 6.67 Å². The van der Waals surface area contributed by atoms with Crippen molar-refractivity contribution in [3.8, 4) is 0 Å². The Labute approximate surface area is 54.9 Å². The van der Waals surface area contributed by atoms with Gasteiger partial charge in [0.1, 0.15) is 0 Å². The molecule has 0 aromatic heterocycles. The van der Waals surface area contributed by atoms with E-state index in [2.05, 4.69) is 0 Å². The van der Waals surface area contributed by atoms with Gasteiger partial charge in [0, 0.05) is 0 Å². The fourth-order valence-electron chi connectivity index (χ4n) is 1.27. The van der Waals surface area contributed by atoms with Crippen molar-refractivity contribution in [2.24, 2.45) is 0 Å². The molecule has 0 spiro atoms. The van der Waals surface area contributed by atoms with Gasteiger partial charge in [-0.25, -0.2) is 4.39 Å². The van der Waals surface area contributed by atoms with Gasteiger partial charge in [-0.1, -0.05) is 19.3 Å². The van der Waals surface area contributed by atoms with E-state index in [1.54, 1.807) is 0 Å². The highest BCUT2D eigenvalue weighted by molar-refractivity contribution is 4.88. The van der Waals surface area contributed by atoms with Crippen molar-refractivity contribution >= 4 is 0 Å². The molecule has 1 aliphatic carbocycles. The Hall–Kier alpha value is -0.110. The van der Waals surface area contributed by atoms with E-state index in [1.165, 1.54) is 0 Å². The van der Waals surface area contributed by atoms with Crippen LogP contribution in [0.15, 0.2) is 0 Å². The third-order valence-electron chi connectivity index (χ3n) is 1.92. The van der Waals surface area contributed by atoms with Crippen LogP contribution in [0.5, 0.6) is 0 Å². The van der Waals surface area contributed by atoms with Gasteiger partial charge in [-0.05, 0) is 12.8 Å². The Morgan fingerprint density at radius 2 is 1.78 bits per heavy atom. The fourth-order valence-corrected chi connectivity index (χ4v) is 1.27. The lowest BCUT2D eigenvalue weighted by molar-refractivity contribution is 0.0138. The van der Waals surface area contributed by atoms with Crippen LogP contribution in [0.3, 0.4) is 0 Å². The summed E-state index contributed by atoms with van der Waals surface area (Å²) in [4.78, 5) is 0. The highest BCUT2D eigenvalue weighted by atomic mass is 19.1. The average Bonchev–Trinajstić information content (AvgIpc) is 1.90. The molecular weight excluding hydrogens is 119 g/mol. The first kappa shape index (κ1) is 7.00. The fraction of sp³-hybridized carbons (Fsp3) is 0.857. The molecule has 53 valence electrons. The van der Waals surface area contributed by atoms with Crippen molar-refractivity contribution in [1.29, 1.82) is 0 Å². The molecule has 1 radical (unpaired) electrons. The maximum atomic E-state index is 11.9. The second-order valence-corrected chi connectivity index (χ2v) is 2.77. The first-order valence-corrected chi connectivity index (χ1v) is 3.44. The van der Waals surface area contributed by atoms with Crippen LogP contribution < -0.4 is 0 Å². The van der Waals surface area contributed by atoms with E-state index in [9.17, 15) is 9.50 Å². The normalized spacial score (nSPS) is 26.0. The second kappa shape index (κ2) is 2.65. The molecule has 0 heterocycles. The number of hydrogen-bond donors (Lipinski definition) is 1. The van der Waals surface area contributed by atoms with Crippen molar-refractivity contribution in [3.63, 3.8) is 0 Å². The van der Waals surface area contributed by atoms with Gasteiger partial charge in [0.15, 0.2) is 6.67 Å². The van der Waals surface area contributed by atoms with Crippen LogP contribution in [0.2, 0.25) is 0 Å². The minimum absolute atomic E-state index is 0.437. The molecule has 1 N–H and O–H groups in total. The molecular formula is C7H12FO. The monoisotopic (exact) mass is 131 g/mol. The van der Waals surface area contributed by atoms with Crippen molar-refractivity contribution < 1.29 is 9.50 Å². The van der Waals surface area contributed by atoms with Gasteiger partial charge in [0.05, 0.1) is 5.60 Å². The second-order valence-electron chi connectivity index (χ2n) is 2.77. The van der Waals surface area contributed by atoms with E-state index in [0.29, 0.717) is 19.5 Å². The van der Waals surface area contributed by atoms with E-state index in [0.717, 1.165) is 19.3 Å². The molecule has 0 aromatic carbocycles. The smallest absolute Gasteiger partial charge is 0.162 e. The highest BCUT2D eigenvalue weighted by Gasteiger charge is 2.29. The lowest BCUT2D eigenvalue weighted by Gasteiger charge is -2.27. The Morgan fingerprint density at radius 1 is 1.22 bits per heavy atom. The van der Waals surface area contributed by atoms with Crippen LogP contribution in [-0.2, 0) is 0 Å². The minimum Gasteiger partial charge on any atom is -0.387 e. The Morgan fingerprint density at radius 3 is 2.11 bits per heavy atom. The summed E-state index contributed by atoms with van der Waals surface area (Å²) in [6.07, 6.45) is 4.25. The quantitative estimate of drug-likeness (QED) is 0.575. The van der Waals surface area contributed by atoms with Crippen molar-refractivity contribution in [1.82, 2.24) is 0 Å². The summed E-state index contributed by atoms with van der Waals surface area (Å²) in [5.41, 5.74) is -1.07. The summed E-state index contributed by atoms with van der Waals surface area (Å²) in [6.45, 7) is 0.437. The molecule has 2 heteroatoms. The summed E-state index contributed by atoms with van der Waals surface area (Å²) in [7, 11) is 0. The number of rotatable bonds is 1. The molecule has 0 bridgehead atoms. The summed E-state index contributed by atoms with van der Waals surface area (Å²) < 4.78 is 11.9. The average molecular weight is 131 g/mol. The van der Waals surface area contributed by atoms with E-state index in [-0.39, 0.29) is 0 Å². The molecule has 0 amide bonds. The van der Waals surface area contributed by atoms with E-state index in [4.69, 9.17) is 0 Å². The first-order valence-electron chi connectivity index (χ1n) is 3.44. The maximum absolute atomic E-state index is 11.9. The molecule has 0 atom stereocenters. The third kappa shape index (κ3) is 1.65. The predicted octanol–water partition coefficient (Wildman–Crippen LogP) is 1.81. The first-order chi connectivity index (χ1) is 4.27. The summed E-state index contributed by atoms with van der Waals surface area (Å²) in [5.74, 6) is 0. The third-order valence-corrected chi connectivity index (χ3v) is 1.92. The summed E-state index contributed by atoms with van der Waals surface area (Å²) >= 11 is 0. The highest BCUT2D eigenvalue weighted by Crippen LogP contribution is 2.30. The van der Waals surface area contributed by atoms with Crippen LogP contribution in [-0.4, -0.2) is 10.7 Å². The molecule has 1 saturated carbocycles. The van der Waals surface area contributed by atoms with Crippen LogP contribution in [0.1, 0.15) is 32.1 Å². The van der Waals surface area contributed by atoms with Crippen LogP contribution >= 0.6 is 0 Å². The Balaban J connectivity index is 2.37. The van der Waals surface area contributed by atoms with Gasteiger partial charge in [-0.3, -0.25) is 0 Å². The van der Waals surface area contributed by atoms with Crippen LogP contribution in [0.4, 0.5) is 4.39 Å². The summed E-state index contributed by atoms with van der Waals surface area (Å²) in [5, 5.41) is 9.25. The van der Waals surface area contributed by atoms with Gasteiger partial charge in [-0.15, -0.1) is 0 Å². The molecule has 9 heavy (non-hydrogen) atoms. The zero-order chi connectivity index (χ0) is 6.74. The van der Waals surface area contributed by atoms with E-state index in [1.807, 2.05) is 0 Å². The molecule has 1 aliphatic rings. The number of halogens is 1. The molecule has 0 aromatic rings. The largest absolute Gasteiger partial charge is 0.387 e. The van der Waals surface area contributed by atoms with Gasteiger partial charge in [0.25, 0.3) is 0 Å². The number of aliphatic hydroxyl groups is 1. The zero-order valence-corrected chi connectivity index (χ0v) is 5.44. The van der Waals surface area contributed by atoms with Crippen molar-refractivity contribution in [2.45, 2.75) is 37.7 Å². The molecule has 1 fully saturated rings. The molecule has 0 saturated heterocycles. The lowest BCUT2D eigenvalue weighted by atomic mass is 9.86. The topological polar surface area (TPSA) is 20.2 Å². The maximum Gasteiger partial charge on any atom is 0.162 e. The van der Waals surface area contributed by atoms with Crippen molar-refractivity contribution in [3.05, 3.63) is 6.67 Å². The van der Waals surface area contributed by atoms with Gasteiger partial charge >= 0.3 is 0 Å². The molecule has 0 aliphatic heterocycles. The molecule has 1 rings (SSSR count). The van der Waals surface area contributed by atoms with Crippen LogP contribution in [0.25, 0.3) is 0 Å². The predicted molar refractivity (Wildman–Crippen MR) is 33.4 cm³/mol. The standard InChI is InChI=1S/C7H12FO/c8-6-7(9)4-2-1-3-5-7/h6,9H,1-5H2. The van der Waals surface area contributed by atoms with Gasteiger partial charge in [0.2, 0.25) is 0 Å². The Kier molecular flexibility index (Phi) is 2.06. The van der Waals surface area contributed by atoms with E-state index < -0.39 is 5.60 Å². The van der Waals surface area contributed by atoms with Gasteiger partial charge < -0.3 is 5.11 Å². The van der Waals surface area contributed by atoms with E-state index >= 15 is 0 Å². The lowest BCUT2D eigenvalue weighted by Crippen LogP contribution is -2.30. The molecule has 1 nitrogen and oxygen atoms in total. The zero-order valence-electron chi connectivity index (χ0n) is 5.44. The minimum atomic E-state index is -1.07. The summed E-state index contributed by atoms with van der Waals surface area (Å²) in [6, 6.07) is 0. The molecule has 0 unspecified atom stereocenters. The van der Waals surface area contributed by atoms with Crippen molar-refractivity contribution in [2.75, 3.05) is 0 Å². The Bertz CT molecular complexity index is 86.9. The number of hydrogen-bond acceptors (Lipinski definition) is 1. The SMILES string of the molecule is OC1([CH]F)CCCCC1. The van der Waals surface area contributed by atoms with Gasteiger partial charge in [-0.2, -0.15) is 0 Å².